The van der Waals surface area contributed by atoms with E-state index in [9.17, 15) is 4.79 Å². The third-order valence-corrected chi connectivity index (χ3v) is 7.36. The van der Waals surface area contributed by atoms with E-state index in [1.807, 2.05) is 6.33 Å². The van der Waals surface area contributed by atoms with E-state index in [0.717, 1.165) is 23.8 Å². The quantitative estimate of drug-likeness (QED) is 0.629. The lowest BCUT2D eigenvalue weighted by Crippen LogP contribution is -2.31. The van der Waals surface area contributed by atoms with Crippen LogP contribution in [0.3, 0.4) is 0 Å². The SMILES string of the molecule is CC1CCC(Cn2cnc3nc(-c4n[nH]c(=O)n4C)nc(NC(C)C4CCC4)c32)CC1. The molecule has 0 amide bonds. The van der Waals surface area contributed by atoms with Crippen LogP contribution in [0.15, 0.2) is 11.1 Å². The minimum absolute atomic E-state index is 0.284. The van der Waals surface area contributed by atoms with Crippen LogP contribution in [-0.4, -0.2) is 40.3 Å². The molecule has 5 rings (SSSR count). The number of aromatic amines is 1. The van der Waals surface area contributed by atoms with Gasteiger partial charge in [0.1, 0.15) is 5.52 Å². The van der Waals surface area contributed by atoms with Crippen molar-refractivity contribution in [1.82, 2.24) is 34.3 Å². The van der Waals surface area contributed by atoms with Crippen molar-refractivity contribution in [1.29, 1.82) is 0 Å². The third kappa shape index (κ3) is 3.85. The van der Waals surface area contributed by atoms with Crippen molar-refractivity contribution in [3.05, 3.63) is 16.8 Å². The summed E-state index contributed by atoms with van der Waals surface area (Å²) in [6.07, 6.45) is 10.8. The van der Waals surface area contributed by atoms with Crippen molar-refractivity contribution < 1.29 is 0 Å². The van der Waals surface area contributed by atoms with E-state index in [-0.39, 0.29) is 5.69 Å². The monoisotopic (exact) mass is 424 g/mol. The average Bonchev–Trinajstić information content (AvgIpc) is 3.26. The number of rotatable bonds is 6. The van der Waals surface area contributed by atoms with Crippen LogP contribution in [0.1, 0.15) is 58.8 Å². The first-order valence-corrected chi connectivity index (χ1v) is 11.6. The highest BCUT2D eigenvalue weighted by atomic mass is 16.1. The van der Waals surface area contributed by atoms with Gasteiger partial charge in [0.2, 0.25) is 11.6 Å². The van der Waals surface area contributed by atoms with Gasteiger partial charge in [-0.05, 0) is 50.4 Å². The maximum Gasteiger partial charge on any atom is 0.343 e. The van der Waals surface area contributed by atoms with Gasteiger partial charge in [-0.2, -0.15) is 0 Å². The van der Waals surface area contributed by atoms with E-state index in [1.54, 1.807) is 7.05 Å². The predicted octanol–water partition coefficient (Wildman–Crippen LogP) is 3.34. The molecule has 0 bridgehead atoms. The third-order valence-electron chi connectivity index (χ3n) is 7.36. The Bertz CT molecular complexity index is 1120. The van der Waals surface area contributed by atoms with Gasteiger partial charge in [-0.1, -0.05) is 26.2 Å². The van der Waals surface area contributed by atoms with Crippen LogP contribution in [0.2, 0.25) is 0 Å². The second kappa shape index (κ2) is 8.09. The van der Waals surface area contributed by atoms with E-state index in [4.69, 9.17) is 4.98 Å². The normalized spacial score (nSPS) is 23.1. The zero-order valence-electron chi connectivity index (χ0n) is 18.6. The first-order chi connectivity index (χ1) is 15.0. The number of anilines is 1. The summed E-state index contributed by atoms with van der Waals surface area (Å²) < 4.78 is 3.65. The Morgan fingerprint density at radius 2 is 1.97 bits per heavy atom. The van der Waals surface area contributed by atoms with E-state index < -0.39 is 0 Å². The number of fused-ring (bicyclic) bond motifs is 1. The second-order valence-electron chi connectivity index (χ2n) is 9.63. The Morgan fingerprint density at radius 3 is 2.61 bits per heavy atom. The Hall–Kier alpha value is -2.71. The van der Waals surface area contributed by atoms with Gasteiger partial charge in [0.25, 0.3) is 0 Å². The summed E-state index contributed by atoms with van der Waals surface area (Å²) in [7, 11) is 1.67. The van der Waals surface area contributed by atoms with Crippen LogP contribution in [0.25, 0.3) is 22.8 Å². The lowest BCUT2D eigenvalue weighted by molar-refractivity contribution is 0.266. The number of nitrogens with zero attached hydrogens (tertiary/aromatic N) is 6. The topological polar surface area (TPSA) is 106 Å². The van der Waals surface area contributed by atoms with Crippen LogP contribution < -0.4 is 11.0 Å². The summed E-state index contributed by atoms with van der Waals surface area (Å²) >= 11 is 0. The van der Waals surface area contributed by atoms with Gasteiger partial charge in [0.15, 0.2) is 11.5 Å². The molecule has 9 heteroatoms. The number of H-pyrrole nitrogens is 1. The summed E-state index contributed by atoms with van der Waals surface area (Å²) in [6, 6.07) is 0.321. The van der Waals surface area contributed by atoms with Crippen molar-refractivity contribution in [3.8, 4) is 11.6 Å². The summed E-state index contributed by atoms with van der Waals surface area (Å²) in [6.45, 7) is 5.52. The molecule has 0 spiro atoms. The van der Waals surface area contributed by atoms with E-state index in [1.165, 1.54) is 49.5 Å². The van der Waals surface area contributed by atoms with Crippen molar-refractivity contribution in [2.24, 2.45) is 24.8 Å². The van der Waals surface area contributed by atoms with Crippen molar-refractivity contribution in [2.45, 2.75) is 71.4 Å². The van der Waals surface area contributed by atoms with Crippen LogP contribution in [0, 0.1) is 17.8 Å². The molecule has 2 aliphatic rings. The molecule has 0 saturated heterocycles. The molecule has 31 heavy (non-hydrogen) atoms. The minimum atomic E-state index is -0.284. The van der Waals surface area contributed by atoms with Crippen LogP contribution in [0.4, 0.5) is 5.82 Å². The molecule has 1 unspecified atom stereocenters. The molecule has 0 aliphatic heterocycles. The minimum Gasteiger partial charge on any atom is -0.365 e. The van der Waals surface area contributed by atoms with E-state index >= 15 is 0 Å². The highest BCUT2D eigenvalue weighted by molar-refractivity contribution is 5.85. The maximum atomic E-state index is 11.9. The van der Waals surface area contributed by atoms with Crippen molar-refractivity contribution in [2.75, 3.05) is 5.32 Å². The molecule has 2 N–H and O–H groups in total. The van der Waals surface area contributed by atoms with Gasteiger partial charge in [-0.25, -0.2) is 24.8 Å². The second-order valence-corrected chi connectivity index (χ2v) is 9.63. The van der Waals surface area contributed by atoms with Crippen molar-refractivity contribution in [3.63, 3.8) is 0 Å². The van der Waals surface area contributed by atoms with E-state index in [0.29, 0.717) is 35.2 Å². The van der Waals surface area contributed by atoms with Crippen LogP contribution >= 0.6 is 0 Å². The Balaban J connectivity index is 1.53. The summed E-state index contributed by atoms with van der Waals surface area (Å²) in [4.78, 5) is 26.0. The standard InChI is InChI=1S/C22H32N8O/c1-13-7-9-15(10-8-13)11-30-12-23-18-17(30)19(24-14(2)16-5-4-6-16)26-20(25-18)21-27-28-22(31)29(21)3/h12-16H,4-11H2,1-3H3,(H,28,31)(H,24,25,26). The van der Waals surface area contributed by atoms with Gasteiger partial charge in [0.05, 0.1) is 6.33 Å². The van der Waals surface area contributed by atoms with Gasteiger partial charge in [0, 0.05) is 19.6 Å². The highest BCUT2D eigenvalue weighted by Gasteiger charge is 2.27. The molecular formula is C22H32N8O. The first-order valence-electron chi connectivity index (χ1n) is 11.6. The highest BCUT2D eigenvalue weighted by Crippen LogP contribution is 2.34. The van der Waals surface area contributed by atoms with Crippen molar-refractivity contribution >= 4 is 17.0 Å². The first kappa shape index (κ1) is 20.2. The number of hydrogen-bond donors (Lipinski definition) is 2. The molecule has 3 heterocycles. The van der Waals surface area contributed by atoms with Gasteiger partial charge >= 0.3 is 5.69 Å². The van der Waals surface area contributed by atoms with Crippen LogP contribution in [-0.2, 0) is 13.6 Å². The molecule has 3 aromatic rings. The largest absolute Gasteiger partial charge is 0.365 e. The lowest BCUT2D eigenvalue weighted by atomic mass is 9.80. The van der Waals surface area contributed by atoms with Crippen LogP contribution in [0.5, 0.6) is 0 Å². The molecule has 166 valence electrons. The summed E-state index contributed by atoms with van der Waals surface area (Å²) in [5, 5.41) is 10.3. The average molecular weight is 425 g/mol. The molecule has 0 radical (unpaired) electrons. The number of imidazole rings is 1. The molecule has 0 aromatic carbocycles. The lowest BCUT2D eigenvalue weighted by Gasteiger charge is -2.32. The molecule has 9 nitrogen and oxygen atoms in total. The molecule has 2 fully saturated rings. The van der Waals surface area contributed by atoms with E-state index in [2.05, 4.69) is 43.9 Å². The molecule has 2 saturated carbocycles. The zero-order chi connectivity index (χ0) is 21.5. The maximum absolute atomic E-state index is 11.9. The summed E-state index contributed by atoms with van der Waals surface area (Å²) in [5.41, 5.74) is 1.31. The fraction of sp³-hybridized carbons (Fsp3) is 0.682. The zero-order valence-corrected chi connectivity index (χ0v) is 18.6. The molecular weight excluding hydrogens is 392 g/mol. The Kier molecular flexibility index (Phi) is 5.27. The smallest absolute Gasteiger partial charge is 0.343 e. The fourth-order valence-electron chi connectivity index (χ4n) is 4.93. The van der Waals surface area contributed by atoms with Gasteiger partial charge in [-0.15, -0.1) is 5.10 Å². The Labute approximate surface area is 181 Å². The number of hydrogen-bond acceptors (Lipinski definition) is 6. The Morgan fingerprint density at radius 1 is 1.19 bits per heavy atom. The molecule has 3 aromatic heterocycles. The fourth-order valence-corrected chi connectivity index (χ4v) is 4.93. The number of nitrogens with one attached hydrogen (secondary N) is 2. The molecule has 2 aliphatic carbocycles. The summed E-state index contributed by atoms with van der Waals surface area (Å²) in [5.74, 6) is 3.78. The van der Waals surface area contributed by atoms with Gasteiger partial charge in [-0.3, -0.25) is 4.57 Å². The number of aromatic nitrogens is 7. The predicted molar refractivity (Wildman–Crippen MR) is 120 cm³/mol. The molecule has 1 atom stereocenters. The van der Waals surface area contributed by atoms with Gasteiger partial charge < -0.3 is 9.88 Å².